The molecule has 0 fully saturated rings. The van der Waals surface area contributed by atoms with Gasteiger partial charge in [0.1, 0.15) is 5.75 Å². The van der Waals surface area contributed by atoms with Crippen molar-refractivity contribution in [2.45, 2.75) is 39.0 Å². The van der Waals surface area contributed by atoms with Crippen LogP contribution in [0.5, 0.6) is 5.75 Å². The van der Waals surface area contributed by atoms with Gasteiger partial charge in [-0.2, -0.15) is 0 Å². The van der Waals surface area contributed by atoms with Crippen LogP contribution in [0.3, 0.4) is 0 Å². The molecule has 0 unspecified atom stereocenters. The number of hydrogen-bond acceptors (Lipinski definition) is 3. The summed E-state index contributed by atoms with van der Waals surface area (Å²) < 4.78 is 5.22. The van der Waals surface area contributed by atoms with Crippen molar-refractivity contribution in [2.75, 3.05) is 0 Å². The molecule has 4 nitrogen and oxygen atoms in total. The van der Waals surface area contributed by atoms with Crippen molar-refractivity contribution in [3.63, 3.8) is 0 Å². The first-order valence-corrected chi connectivity index (χ1v) is 6.07. The van der Waals surface area contributed by atoms with E-state index in [1.807, 2.05) is 25.1 Å². The van der Waals surface area contributed by atoms with Gasteiger partial charge in [-0.1, -0.05) is 24.6 Å². The first kappa shape index (κ1) is 14.2. The van der Waals surface area contributed by atoms with Crippen molar-refractivity contribution in [1.82, 2.24) is 0 Å². The summed E-state index contributed by atoms with van der Waals surface area (Å²) in [4.78, 5) is 21.8. The van der Waals surface area contributed by atoms with E-state index in [0.29, 0.717) is 25.0 Å². The Morgan fingerprint density at radius 1 is 1.11 bits per heavy atom. The normalized spacial score (nSPS) is 10.1. The second kappa shape index (κ2) is 7.48. The van der Waals surface area contributed by atoms with Gasteiger partial charge in [0.15, 0.2) is 0 Å². The summed E-state index contributed by atoms with van der Waals surface area (Å²) in [6.45, 7) is 1.88. The number of para-hydroxylation sites is 1. The van der Waals surface area contributed by atoms with E-state index in [-0.39, 0.29) is 12.4 Å². The lowest BCUT2D eigenvalue weighted by molar-refractivity contribution is -0.137. The smallest absolute Gasteiger partial charge is 0.311 e. The zero-order valence-corrected chi connectivity index (χ0v) is 10.5. The van der Waals surface area contributed by atoms with Crippen LogP contribution in [0, 0.1) is 6.92 Å². The molecule has 0 aliphatic heterocycles. The maximum absolute atomic E-state index is 11.5. The maximum atomic E-state index is 11.5. The molecule has 0 amide bonds. The highest BCUT2D eigenvalue weighted by molar-refractivity contribution is 5.72. The molecule has 0 aliphatic carbocycles. The highest BCUT2D eigenvalue weighted by atomic mass is 16.5. The number of carboxylic acid groups (broad SMARTS) is 1. The standard InChI is InChI=1S/C14H18O4/c1-11-7-5-6-8-12(11)18-14(17)10-4-2-3-9-13(15)16/h5-8H,2-4,9-10H2,1H3,(H,15,16). The second-order valence-electron chi connectivity index (χ2n) is 4.19. The van der Waals surface area contributed by atoms with Crippen LogP contribution in [-0.4, -0.2) is 17.0 Å². The zero-order valence-electron chi connectivity index (χ0n) is 10.5. The van der Waals surface area contributed by atoms with Gasteiger partial charge in [-0.05, 0) is 31.4 Å². The highest BCUT2D eigenvalue weighted by Gasteiger charge is 2.06. The quantitative estimate of drug-likeness (QED) is 0.459. The predicted octanol–water partition coefficient (Wildman–Crippen LogP) is 2.94. The van der Waals surface area contributed by atoms with Crippen molar-refractivity contribution in [3.05, 3.63) is 29.8 Å². The third kappa shape index (κ3) is 5.48. The maximum Gasteiger partial charge on any atom is 0.311 e. The van der Waals surface area contributed by atoms with Crippen LogP contribution < -0.4 is 4.74 Å². The van der Waals surface area contributed by atoms with Crippen molar-refractivity contribution < 1.29 is 19.4 Å². The number of carbonyl (C=O) groups excluding carboxylic acids is 1. The lowest BCUT2D eigenvalue weighted by Gasteiger charge is -2.06. The summed E-state index contributed by atoms with van der Waals surface area (Å²) in [5.41, 5.74) is 0.928. The number of hydrogen-bond donors (Lipinski definition) is 1. The van der Waals surface area contributed by atoms with E-state index in [4.69, 9.17) is 9.84 Å². The lowest BCUT2D eigenvalue weighted by Crippen LogP contribution is -2.08. The molecule has 0 aliphatic rings. The molecule has 0 atom stereocenters. The molecule has 0 saturated heterocycles. The Hall–Kier alpha value is -1.84. The van der Waals surface area contributed by atoms with Gasteiger partial charge >= 0.3 is 11.9 Å². The van der Waals surface area contributed by atoms with Gasteiger partial charge in [0.25, 0.3) is 0 Å². The zero-order chi connectivity index (χ0) is 13.4. The van der Waals surface area contributed by atoms with E-state index < -0.39 is 5.97 Å². The fraction of sp³-hybridized carbons (Fsp3) is 0.429. The number of aliphatic carboxylic acids is 1. The lowest BCUT2D eigenvalue weighted by atomic mass is 10.1. The third-order valence-electron chi connectivity index (χ3n) is 2.59. The molecule has 1 aromatic rings. The Bertz CT molecular complexity index is 412. The van der Waals surface area contributed by atoms with E-state index >= 15 is 0 Å². The van der Waals surface area contributed by atoms with Gasteiger partial charge in [-0.25, -0.2) is 0 Å². The molecule has 18 heavy (non-hydrogen) atoms. The van der Waals surface area contributed by atoms with Gasteiger partial charge in [-0.3, -0.25) is 9.59 Å². The summed E-state index contributed by atoms with van der Waals surface area (Å²) >= 11 is 0. The Morgan fingerprint density at radius 2 is 1.78 bits per heavy atom. The van der Waals surface area contributed by atoms with E-state index in [1.54, 1.807) is 6.07 Å². The molecule has 1 aromatic carbocycles. The molecule has 4 heteroatoms. The van der Waals surface area contributed by atoms with Gasteiger partial charge < -0.3 is 9.84 Å². The average molecular weight is 250 g/mol. The first-order valence-electron chi connectivity index (χ1n) is 6.07. The number of ether oxygens (including phenoxy) is 1. The molecule has 98 valence electrons. The highest BCUT2D eigenvalue weighted by Crippen LogP contribution is 2.17. The molecule has 0 saturated carbocycles. The van der Waals surface area contributed by atoms with Crippen molar-refractivity contribution in [1.29, 1.82) is 0 Å². The Kier molecular flexibility index (Phi) is 5.91. The summed E-state index contributed by atoms with van der Waals surface area (Å²) in [6.07, 6.45) is 2.49. The van der Waals surface area contributed by atoms with Crippen LogP contribution in [0.2, 0.25) is 0 Å². The van der Waals surface area contributed by atoms with Crippen LogP contribution in [0.1, 0.15) is 37.7 Å². The average Bonchev–Trinajstić information content (AvgIpc) is 2.31. The van der Waals surface area contributed by atoms with Gasteiger partial charge in [0.2, 0.25) is 0 Å². The van der Waals surface area contributed by atoms with Crippen LogP contribution in [0.25, 0.3) is 0 Å². The van der Waals surface area contributed by atoms with Crippen molar-refractivity contribution in [2.24, 2.45) is 0 Å². The second-order valence-corrected chi connectivity index (χ2v) is 4.19. The Morgan fingerprint density at radius 3 is 2.44 bits per heavy atom. The molecule has 1 rings (SSSR count). The molecule has 0 spiro atoms. The fourth-order valence-corrected chi connectivity index (χ4v) is 1.57. The van der Waals surface area contributed by atoms with E-state index in [1.165, 1.54) is 0 Å². The van der Waals surface area contributed by atoms with E-state index in [2.05, 4.69) is 0 Å². The summed E-state index contributed by atoms with van der Waals surface area (Å²) in [7, 11) is 0. The first-order chi connectivity index (χ1) is 8.59. The monoisotopic (exact) mass is 250 g/mol. The number of carbonyl (C=O) groups is 2. The molecule has 0 aromatic heterocycles. The summed E-state index contributed by atoms with van der Waals surface area (Å²) in [5, 5.41) is 8.46. The van der Waals surface area contributed by atoms with Gasteiger partial charge in [-0.15, -0.1) is 0 Å². The molecule has 0 bridgehead atoms. The Balaban J connectivity index is 2.22. The molecule has 1 N–H and O–H groups in total. The topological polar surface area (TPSA) is 63.6 Å². The molecular weight excluding hydrogens is 232 g/mol. The van der Waals surface area contributed by atoms with Crippen LogP contribution in [0.15, 0.2) is 24.3 Å². The minimum absolute atomic E-state index is 0.160. The predicted molar refractivity (Wildman–Crippen MR) is 67.5 cm³/mol. The fourth-order valence-electron chi connectivity index (χ4n) is 1.57. The van der Waals surface area contributed by atoms with Gasteiger partial charge in [0, 0.05) is 12.8 Å². The SMILES string of the molecule is Cc1ccccc1OC(=O)CCCCCC(=O)O. The summed E-state index contributed by atoms with van der Waals surface area (Å²) in [5.74, 6) is -0.467. The number of carboxylic acids is 1. The number of esters is 1. The largest absolute Gasteiger partial charge is 0.481 e. The number of benzene rings is 1. The van der Waals surface area contributed by atoms with E-state index in [0.717, 1.165) is 12.0 Å². The minimum Gasteiger partial charge on any atom is -0.481 e. The number of unbranched alkanes of at least 4 members (excludes halogenated alkanes) is 2. The molecular formula is C14H18O4. The number of rotatable bonds is 7. The van der Waals surface area contributed by atoms with Crippen molar-refractivity contribution in [3.8, 4) is 5.75 Å². The third-order valence-corrected chi connectivity index (χ3v) is 2.59. The minimum atomic E-state index is -0.794. The molecule has 0 heterocycles. The summed E-state index contributed by atoms with van der Waals surface area (Å²) in [6, 6.07) is 7.36. The number of aryl methyl sites for hydroxylation is 1. The molecule has 0 radical (unpaired) electrons. The Labute approximate surface area is 107 Å². The van der Waals surface area contributed by atoms with E-state index in [9.17, 15) is 9.59 Å². The van der Waals surface area contributed by atoms with Gasteiger partial charge in [0.05, 0.1) is 0 Å². The van der Waals surface area contributed by atoms with Crippen molar-refractivity contribution >= 4 is 11.9 Å². The van der Waals surface area contributed by atoms with Crippen LogP contribution >= 0.6 is 0 Å². The van der Waals surface area contributed by atoms with Crippen LogP contribution in [-0.2, 0) is 9.59 Å². The van der Waals surface area contributed by atoms with Crippen LogP contribution in [0.4, 0.5) is 0 Å².